The number of nitrogens with zero attached hydrogens (tertiary/aromatic N) is 5. The number of para-hydroxylation sites is 2. The number of rotatable bonds is 5. The van der Waals surface area contributed by atoms with Gasteiger partial charge in [-0.15, -0.1) is 0 Å². The molecule has 0 aliphatic heterocycles. The zero-order valence-electron chi connectivity index (χ0n) is 19.2. The molecule has 0 saturated heterocycles. The predicted molar refractivity (Wildman–Crippen MR) is 132 cm³/mol. The van der Waals surface area contributed by atoms with Crippen LogP contribution in [0.3, 0.4) is 0 Å². The Hall–Kier alpha value is -4.44. The first-order valence-corrected chi connectivity index (χ1v) is 11.0. The van der Waals surface area contributed by atoms with E-state index in [0.717, 1.165) is 44.6 Å². The van der Waals surface area contributed by atoms with Crippen molar-refractivity contribution >= 4 is 27.5 Å². The Morgan fingerprint density at radius 2 is 1.79 bits per heavy atom. The monoisotopic (exact) mass is 449 g/mol. The van der Waals surface area contributed by atoms with Crippen LogP contribution in [0.5, 0.6) is 0 Å². The summed E-state index contributed by atoms with van der Waals surface area (Å²) in [5.74, 6) is 0.766. The molecular formula is C27H23N5O2. The van der Waals surface area contributed by atoms with Crippen LogP contribution in [-0.2, 0) is 13.1 Å². The standard InChI is InChI=1S/C27H23N5O2/c1-17-12-20(34-30-17)16-31(3)26-13-19(29-24-10-6-4-9-22(24)26)15-32-25-11-7-5-8-21(25)18(2)23(14-28)27(32)33/h4-13H,15-16H2,1-3H3. The lowest BCUT2D eigenvalue weighted by Gasteiger charge is -2.21. The van der Waals surface area contributed by atoms with Gasteiger partial charge in [-0.2, -0.15) is 5.26 Å². The zero-order chi connectivity index (χ0) is 23.8. The molecule has 3 heterocycles. The summed E-state index contributed by atoms with van der Waals surface area (Å²) in [6.07, 6.45) is 0. The highest BCUT2D eigenvalue weighted by Crippen LogP contribution is 2.28. The topological polar surface area (TPSA) is 88.0 Å². The number of hydrogen-bond donors (Lipinski definition) is 0. The van der Waals surface area contributed by atoms with Gasteiger partial charge in [0.15, 0.2) is 5.76 Å². The third-order valence-electron chi connectivity index (χ3n) is 6.09. The van der Waals surface area contributed by atoms with Gasteiger partial charge in [0.25, 0.3) is 5.56 Å². The van der Waals surface area contributed by atoms with Crippen LogP contribution in [0.4, 0.5) is 5.69 Å². The van der Waals surface area contributed by atoms with Crippen LogP contribution in [0.15, 0.2) is 70.0 Å². The Morgan fingerprint density at radius 1 is 1.06 bits per heavy atom. The van der Waals surface area contributed by atoms with Gasteiger partial charge in [0, 0.05) is 29.6 Å². The highest BCUT2D eigenvalue weighted by molar-refractivity contribution is 5.92. The maximum atomic E-state index is 13.2. The predicted octanol–water partition coefficient (Wildman–Crippen LogP) is 4.71. The molecule has 3 aromatic heterocycles. The minimum atomic E-state index is -0.305. The summed E-state index contributed by atoms with van der Waals surface area (Å²) in [6.45, 7) is 4.51. The number of aryl methyl sites for hydroxylation is 2. The van der Waals surface area contributed by atoms with Crippen molar-refractivity contribution in [1.29, 1.82) is 5.26 Å². The van der Waals surface area contributed by atoms with Gasteiger partial charge in [-0.05, 0) is 37.6 Å². The van der Waals surface area contributed by atoms with Crippen molar-refractivity contribution in [2.75, 3.05) is 11.9 Å². The summed E-state index contributed by atoms with van der Waals surface area (Å²) in [6, 6.07) is 21.6. The van der Waals surface area contributed by atoms with Gasteiger partial charge in [0.2, 0.25) is 0 Å². The maximum Gasteiger partial charge on any atom is 0.269 e. The van der Waals surface area contributed by atoms with E-state index in [4.69, 9.17) is 9.51 Å². The van der Waals surface area contributed by atoms with E-state index in [0.29, 0.717) is 12.1 Å². The van der Waals surface area contributed by atoms with Crippen molar-refractivity contribution in [3.63, 3.8) is 0 Å². The molecule has 34 heavy (non-hydrogen) atoms. The van der Waals surface area contributed by atoms with Crippen LogP contribution < -0.4 is 10.5 Å². The van der Waals surface area contributed by atoms with Crippen molar-refractivity contribution < 1.29 is 4.52 Å². The molecule has 168 valence electrons. The van der Waals surface area contributed by atoms with Crippen molar-refractivity contribution in [3.8, 4) is 6.07 Å². The van der Waals surface area contributed by atoms with Crippen molar-refractivity contribution in [2.45, 2.75) is 26.9 Å². The maximum absolute atomic E-state index is 13.2. The Bertz CT molecular complexity index is 1640. The van der Waals surface area contributed by atoms with Crippen LogP contribution >= 0.6 is 0 Å². The van der Waals surface area contributed by atoms with Crippen LogP contribution in [0, 0.1) is 25.2 Å². The highest BCUT2D eigenvalue weighted by Gasteiger charge is 2.17. The van der Waals surface area contributed by atoms with E-state index in [9.17, 15) is 10.1 Å². The van der Waals surface area contributed by atoms with Gasteiger partial charge in [0.1, 0.15) is 11.6 Å². The Labute approximate surface area is 196 Å². The molecule has 0 saturated carbocycles. The molecule has 0 atom stereocenters. The van der Waals surface area contributed by atoms with E-state index in [1.807, 2.05) is 81.6 Å². The lowest BCUT2D eigenvalue weighted by Crippen LogP contribution is -2.25. The van der Waals surface area contributed by atoms with Gasteiger partial charge >= 0.3 is 0 Å². The number of anilines is 1. The zero-order valence-corrected chi connectivity index (χ0v) is 19.2. The van der Waals surface area contributed by atoms with Gasteiger partial charge in [0.05, 0.1) is 35.5 Å². The number of aromatic nitrogens is 3. The van der Waals surface area contributed by atoms with Crippen LogP contribution in [0.1, 0.15) is 28.3 Å². The summed E-state index contributed by atoms with van der Waals surface area (Å²) >= 11 is 0. The van der Waals surface area contributed by atoms with Crippen molar-refractivity contribution in [2.24, 2.45) is 0 Å². The summed E-state index contributed by atoms with van der Waals surface area (Å²) in [7, 11) is 1.99. The molecule has 0 bridgehead atoms. The molecule has 7 nitrogen and oxygen atoms in total. The molecule has 7 heteroatoms. The van der Waals surface area contributed by atoms with E-state index >= 15 is 0 Å². The smallest absolute Gasteiger partial charge is 0.269 e. The molecule has 0 amide bonds. The Kier molecular flexibility index (Phi) is 5.34. The molecule has 2 aromatic carbocycles. The lowest BCUT2D eigenvalue weighted by molar-refractivity contribution is 0.379. The van der Waals surface area contributed by atoms with Crippen LogP contribution in [0.2, 0.25) is 0 Å². The Morgan fingerprint density at radius 3 is 2.53 bits per heavy atom. The number of fused-ring (bicyclic) bond motifs is 2. The fourth-order valence-corrected chi connectivity index (χ4v) is 4.43. The second-order valence-electron chi connectivity index (χ2n) is 8.46. The number of pyridine rings is 2. The Balaban J connectivity index is 1.64. The first-order valence-electron chi connectivity index (χ1n) is 11.0. The average molecular weight is 450 g/mol. The van der Waals surface area contributed by atoms with Gasteiger partial charge in [-0.1, -0.05) is 41.6 Å². The van der Waals surface area contributed by atoms with Gasteiger partial charge < -0.3 is 14.0 Å². The second-order valence-corrected chi connectivity index (χ2v) is 8.46. The third kappa shape index (κ3) is 3.69. The van der Waals surface area contributed by atoms with Crippen LogP contribution in [-0.4, -0.2) is 21.8 Å². The van der Waals surface area contributed by atoms with Gasteiger partial charge in [-0.25, -0.2) is 0 Å². The molecular weight excluding hydrogens is 426 g/mol. The normalized spacial score (nSPS) is 11.1. The SMILES string of the molecule is Cc1cc(CN(C)c2cc(Cn3c(=O)c(C#N)c(C)c4ccccc43)nc3ccccc23)on1. The molecule has 0 aliphatic rings. The van der Waals surface area contributed by atoms with Crippen molar-refractivity contribution in [3.05, 3.63) is 99.3 Å². The third-order valence-corrected chi connectivity index (χ3v) is 6.09. The van der Waals surface area contributed by atoms with E-state index in [1.54, 1.807) is 4.57 Å². The number of nitriles is 1. The summed E-state index contributed by atoms with van der Waals surface area (Å²) < 4.78 is 7.05. The number of benzene rings is 2. The fourth-order valence-electron chi connectivity index (χ4n) is 4.43. The van der Waals surface area contributed by atoms with Gasteiger partial charge in [-0.3, -0.25) is 9.78 Å². The molecule has 0 fully saturated rings. The summed E-state index contributed by atoms with van der Waals surface area (Å²) in [5, 5.41) is 15.5. The molecule has 5 aromatic rings. The van der Waals surface area contributed by atoms with Crippen LogP contribution in [0.25, 0.3) is 21.8 Å². The van der Waals surface area contributed by atoms with Crippen molar-refractivity contribution in [1.82, 2.24) is 14.7 Å². The largest absolute Gasteiger partial charge is 0.366 e. The molecule has 0 radical (unpaired) electrons. The molecule has 5 rings (SSSR count). The molecule has 0 aliphatic carbocycles. The average Bonchev–Trinajstić information content (AvgIpc) is 3.26. The van der Waals surface area contributed by atoms with E-state index in [-0.39, 0.29) is 17.7 Å². The highest BCUT2D eigenvalue weighted by atomic mass is 16.5. The summed E-state index contributed by atoms with van der Waals surface area (Å²) in [4.78, 5) is 20.2. The minimum Gasteiger partial charge on any atom is -0.366 e. The van der Waals surface area contributed by atoms with E-state index in [2.05, 4.69) is 16.1 Å². The second kappa shape index (κ2) is 8.49. The molecule has 0 N–H and O–H groups in total. The van der Waals surface area contributed by atoms with E-state index < -0.39 is 0 Å². The lowest BCUT2D eigenvalue weighted by atomic mass is 10.0. The fraction of sp³-hybridized carbons (Fsp3) is 0.185. The van der Waals surface area contributed by atoms with E-state index in [1.165, 1.54) is 0 Å². The first kappa shape index (κ1) is 21.4. The number of hydrogen-bond acceptors (Lipinski definition) is 6. The molecule has 0 spiro atoms. The first-order chi connectivity index (χ1) is 16.5. The quantitative estimate of drug-likeness (QED) is 0.386. The summed E-state index contributed by atoms with van der Waals surface area (Å²) in [5.41, 5.74) is 4.72. The molecule has 0 unspecified atom stereocenters. The minimum absolute atomic E-state index is 0.164.